The van der Waals surface area contributed by atoms with Gasteiger partial charge in [-0.25, -0.2) is 0 Å². The lowest BCUT2D eigenvalue weighted by atomic mass is 10.1. The van der Waals surface area contributed by atoms with Crippen molar-refractivity contribution >= 4 is 63.0 Å². The first-order chi connectivity index (χ1) is 19.4. The number of thioether (sulfide) groups is 1. The molecule has 12 heteroatoms. The number of benzene rings is 3. The van der Waals surface area contributed by atoms with E-state index in [1.54, 1.807) is 37.4 Å². The summed E-state index contributed by atoms with van der Waals surface area (Å²) in [6.45, 7) is 0.426. The van der Waals surface area contributed by atoms with E-state index in [-0.39, 0.29) is 34.8 Å². The molecule has 3 aromatic carbocycles. The molecule has 0 fully saturated rings. The second-order valence-corrected chi connectivity index (χ2v) is 10.1. The molecule has 2 heterocycles. The van der Waals surface area contributed by atoms with E-state index in [0.29, 0.717) is 44.2 Å². The summed E-state index contributed by atoms with van der Waals surface area (Å²) in [5.74, 6) is 1.21. The van der Waals surface area contributed by atoms with E-state index in [4.69, 9.17) is 47.6 Å². The molecule has 2 aliphatic heterocycles. The van der Waals surface area contributed by atoms with Crippen molar-refractivity contribution in [1.82, 2.24) is 5.01 Å². The molecule has 2 aliphatic rings. The molecule has 0 bridgehead atoms. The number of methoxy groups -OCH3 is 2. The van der Waals surface area contributed by atoms with Crippen LogP contribution in [-0.2, 0) is 4.79 Å². The molecule has 9 nitrogen and oxygen atoms in total. The van der Waals surface area contributed by atoms with Crippen molar-refractivity contribution in [1.29, 1.82) is 5.41 Å². The molecule has 0 saturated heterocycles. The number of carbonyl (C=O) groups is 1. The summed E-state index contributed by atoms with van der Waals surface area (Å²) in [5.41, 5.74) is 1.26. The second-order valence-electron chi connectivity index (χ2n) is 8.29. The molecule has 1 N–H and O–H groups in total. The van der Waals surface area contributed by atoms with Gasteiger partial charge in [-0.2, -0.15) is 15.1 Å². The molecule has 40 heavy (non-hydrogen) atoms. The summed E-state index contributed by atoms with van der Waals surface area (Å²) in [6, 6.07) is 17.8. The zero-order valence-electron chi connectivity index (χ0n) is 21.3. The lowest BCUT2D eigenvalue weighted by Crippen LogP contribution is -2.35. The molecule has 3 aromatic rings. The van der Waals surface area contributed by atoms with Gasteiger partial charge in [0.1, 0.15) is 18.3 Å². The van der Waals surface area contributed by atoms with Crippen LogP contribution >= 0.6 is 35.0 Å². The van der Waals surface area contributed by atoms with Crippen LogP contribution in [0.3, 0.4) is 0 Å². The first kappa shape index (κ1) is 27.6. The molecule has 0 aromatic heterocycles. The van der Waals surface area contributed by atoms with Gasteiger partial charge in [-0.15, -0.1) is 0 Å². The number of carbonyl (C=O) groups excluding carboxylic acids is 1. The number of hydrogen-bond acceptors (Lipinski definition) is 8. The van der Waals surface area contributed by atoms with Crippen molar-refractivity contribution < 1.29 is 23.7 Å². The standard InChI is InChI=1S/C28H22Cl2N4O5S/c1-36-21-9-5-6-10-22(21)38-11-12-39-24-20(30)14-16(15-23(24)37-2)13-18-25(31)34-28(32-26(18)35)40-27(33-34)17-7-3-4-8-19(17)29/h3-10,13-15,31H,11-12H2,1-2H3/b18-13+,31-25?. The van der Waals surface area contributed by atoms with Crippen LogP contribution in [0.4, 0.5) is 0 Å². The third-order valence-corrected chi connectivity index (χ3v) is 7.33. The highest BCUT2D eigenvalue weighted by Gasteiger charge is 2.36. The molecule has 0 unspecified atom stereocenters. The Bertz CT molecular complexity index is 1590. The van der Waals surface area contributed by atoms with Crippen LogP contribution in [0, 0.1) is 5.41 Å². The van der Waals surface area contributed by atoms with E-state index in [0.717, 1.165) is 0 Å². The molecule has 1 amide bonds. The van der Waals surface area contributed by atoms with Crippen molar-refractivity contribution in [2.75, 3.05) is 27.4 Å². The van der Waals surface area contributed by atoms with Crippen molar-refractivity contribution in [2.24, 2.45) is 10.1 Å². The number of nitrogens with one attached hydrogen (secondary N) is 1. The van der Waals surface area contributed by atoms with Gasteiger partial charge in [0, 0.05) is 5.56 Å². The lowest BCUT2D eigenvalue weighted by Gasteiger charge is -2.20. The summed E-state index contributed by atoms with van der Waals surface area (Å²) in [6.07, 6.45) is 1.52. The quantitative estimate of drug-likeness (QED) is 0.234. The first-order valence-corrected chi connectivity index (χ1v) is 13.5. The number of hydrazone groups is 1. The number of halogens is 2. The van der Waals surface area contributed by atoms with Gasteiger partial charge in [-0.3, -0.25) is 10.2 Å². The fraction of sp³-hybridized carbons (Fsp3) is 0.143. The van der Waals surface area contributed by atoms with Gasteiger partial charge in [0.05, 0.1) is 29.8 Å². The largest absolute Gasteiger partial charge is 0.493 e. The number of amides is 1. The highest BCUT2D eigenvalue weighted by Crippen LogP contribution is 2.38. The van der Waals surface area contributed by atoms with Crippen LogP contribution in [-0.4, -0.2) is 54.4 Å². The number of aliphatic imine (C=N–C) groups is 1. The molecule has 0 atom stereocenters. The van der Waals surface area contributed by atoms with Crippen molar-refractivity contribution in [3.8, 4) is 23.0 Å². The molecule has 204 valence electrons. The maximum Gasteiger partial charge on any atom is 0.283 e. The summed E-state index contributed by atoms with van der Waals surface area (Å²) < 4.78 is 22.4. The van der Waals surface area contributed by atoms with Gasteiger partial charge in [0.25, 0.3) is 5.91 Å². The Balaban J connectivity index is 1.32. The minimum Gasteiger partial charge on any atom is -0.493 e. The number of nitrogens with zero attached hydrogens (tertiary/aromatic N) is 3. The third-order valence-electron chi connectivity index (χ3n) is 5.78. The van der Waals surface area contributed by atoms with Gasteiger partial charge in [-0.05, 0) is 53.7 Å². The SMILES string of the molecule is COc1ccccc1OCCOc1c(Cl)cc(/C=C2\C(=N)N3N=C(c4ccccc4Cl)SC3=NC2=O)cc1OC. The monoisotopic (exact) mass is 596 g/mol. The molecule has 0 spiro atoms. The topological polar surface area (TPSA) is 106 Å². The Hall–Kier alpha value is -3.99. The van der Waals surface area contributed by atoms with E-state index >= 15 is 0 Å². The Morgan fingerprint density at radius 2 is 1.62 bits per heavy atom. The van der Waals surface area contributed by atoms with E-state index in [1.807, 2.05) is 30.3 Å². The van der Waals surface area contributed by atoms with Crippen LogP contribution < -0.4 is 18.9 Å². The zero-order chi connectivity index (χ0) is 28.2. The minimum absolute atomic E-state index is 0.0468. The van der Waals surface area contributed by atoms with Crippen LogP contribution in [0.5, 0.6) is 23.0 Å². The Labute approximate surface area is 244 Å². The zero-order valence-corrected chi connectivity index (χ0v) is 23.6. The van der Waals surface area contributed by atoms with Crippen LogP contribution in [0.1, 0.15) is 11.1 Å². The van der Waals surface area contributed by atoms with Crippen LogP contribution in [0.2, 0.25) is 10.0 Å². The van der Waals surface area contributed by atoms with Gasteiger partial charge in [0.15, 0.2) is 28.8 Å². The van der Waals surface area contributed by atoms with E-state index in [9.17, 15) is 4.79 Å². The van der Waals surface area contributed by atoms with E-state index < -0.39 is 5.91 Å². The maximum atomic E-state index is 12.9. The molecule has 0 aliphatic carbocycles. The minimum atomic E-state index is -0.566. The van der Waals surface area contributed by atoms with Gasteiger partial charge in [-0.1, -0.05) is 53.5 Å². The van der Waals surface area contributed by atoms with Crippen molar-refractivity contribution in [3.63, 3.8) is 0 Å². The highest BCUT2D eigenvalue weighted by atomic mass is 35.5. The van der Waals surface area contributed by atoms with E-state index in [2.05, 4.69) is 10.1 Å². The maximum absolute atomic E-state index is 12.9. The number of amidine groups is 2. The number of fused-ring (bicyclic) bond motifs is 1. The lowest BCUT2D eigenvalue weighted by molar-refractivity contribution is -0.114. The molecule has 0 saturated carbocycles. The normalized spacial score (nSPS) is 15.5. The van der Waals surface area contributed by atoms with Crippen LogP contribution in [0.15, 0.2) is 76.3 Å². The van der Waals surface area contributed by atoms with Crippen LogP contribution in [0.25, 0.3) is 6.08 Å². The second kappa shape index (κ2) is 12.0. The fourth-order valence-electron chi connectivity index (χ4n) is 3.90. The summed E-state index contributed by atoms with van der Waals surface area (Å²) >= 11 is 14.0. The highest BCUT2D eigenvalue weighted by molar-refractivity contribution is 8.27. The smallest absolute Gasteiger partial charge is 0.283 e. The molecular formula is C28H22Cl2N4O5S. The average molecular weight is 597 g/mol. The van der Waals surface area contributed by atoms with Gasteiger partial charge in [0.2, 0.25) is 5.17 Å². The Morgan fingerprint density at radius 3 is 2.38 bits per heavy atom. The predicted molar refractivity (Wildman–Crippen MR) is 158 cm³/mol. The summed E-state index contributed by atoms with van der Waals surface area (Å²) in [7, 11) is 3.06. The van der Waals surface area contributed by atoms with E-state index in [1.165, 1.54) is 30.0 Å². The summed E-state index contributed by atoms with van der Waals surface area (Å²) in [5, 5.41) is 16.1. The Morgan fingerprint density at radius 1 is 0.925 bits per heavy atom. The fourth-order valence-corrected chi connectivity index (χ4v) is 5.38. The average Bonchev–Trinajstić information content (AvgIpc) is 3.38. The van der Waals surface area contributed by atoms with Crippen molar-refractivity contribution in [3.05, 3.63) is 87.4 Å². The molecular weight excluding hydrogens is 575 g/mol. The predicted octanol–water partition coefficient (Wildman–Crippen LogP) is 6.14. The first-order valence-electron chi connectivity index (χ1n) is 11.9. The number of hydrogen-bond donors (Lipinski definition) is 1. The molecule has 0 radical (unpaired) electrons. The Kier molecular flexibility index (Phi) is 8.29. The number of para-hydroxylation sites is 2. The summed E-state index contributed by atoms with van der Waals surface area (Å²) in [4.78, 5) is 17.0. The number of ether oxygens (including phenoxy) is 4. The third kappa shape index (κ3) is 5.65. The van der Waals surface area contributed by atoms with Gasteiger partial charge >= 0.3 is 0 Å². The number of rotatable bonds is 9. The van der Waals surface area contributed by atoms with Crippen molar-refractivity contribution in [2.45, 2.75) is 0 Å². The molecule has 5 rings (SSSR count). The van der Waals surface area contributed by atoms with Gasteiger partial charge < -0.3 is 18.9 Å².